The molecule has 0 aliphatic carbocycles. The van der Waals surface area contributed by atoms with Crippen molar-refractivity contribution in [2.45, 2.75) is 0 Å². The van der Waals surface area contributed by atoms with Gasteiger partial charge in [-0.05, 0) is 63.9 Å². The van der Waals surface area contributed by atoms with Crippen molar-refractivity contribution >= 4 is 72.2 Å². The number of fused-ring (bicyclic) bond motifs is 5. The zero-order valence-corrected chi connectivity index (χ0v) is 31.2. The highest BCUT2D eigenvalue weighted by Crippen LogP contribution is 2.44. The van der Waals surface area contributed by atoms with E-state index in [-0.39, 0.29) is 0 Å². The van der Waals surface area contributed by atoms with Gasteiger partial charge in [0.15, 0.2) is 0 Å². The van der Waals surface area contributed by atoms with Crippen molar-refractivity contribution < 1.29 is 0 Å². The summed E-state index contributed by atoms with van der Waals surface area (Å²) in [6, 6.07) is 70.7. The lowest BCUT2D eigenvalue weighted by Crippen LogP contribution is -2.00. The van der Waals surface area contributed by atoms with Gasteiger partial charge in [-0.15, -0.1) is 0 Å². The molecule has 57 heavy (non-hydrogen) atoms. The van der Waals surface area contributed by atoms with Gasteiger partial charge in [0.1, 0.15) is 0 Å². The van der Waals surface area contributed by atoms with Gasteiger partial charge in [0.25, 0.3) is 0 Å². The average molecular weight is 731 g/mol. The van der Waals surface area contributed by atoms with Crippen LogP contribution in [0.3, 0.4) is 0 Å². The molecular weight excluding hydrogens is 693 g/mol. The highest BCUT2D eigenvalue weighted by atomic mass is 15.0. The Bertz CT molecular complexity index is 3140. The van der Waals surface area contributed by atoms with E-state index in [4.69, 9.17) is 5.41 Å². The average Bonchev–Trinajstić information content (AvgIpc) is 3.60. The van der Waals surface area contributed by atoms with E-state index in [1.165, 1.54) is 38.7 Å². The van der Waals surface area contributed by atoms with Crippen molar-refractivity contribution in [2.24, 2.45) is 0 Å². The second-order valence-corrected chi connectivity index (χ2v) is 14.3. The monoisotopic (exact) mass is 730 g/mol. The molecule has 4 heteroatoms. The molecule has 0 saturated heterocycles. The molecule has 270 valence electrons. The first-order valence-corrected chi connectivity index (χ1v) is 19.3. The van der Waals surface area contributed by atoms with Crippen LogP contribution in [0.2, 0.25) is 0 Å². The molecule has 0 atom stereocenters. The van der Waals surface area contributed by atoms with Crippen LogP contribution < -0.4 is 10.6 Å². The second kappa shape index (κ2) is 14.5. The van der Waals surface area contributed by atoms with E-state index in [1.54, 1.807) is 0 Å². The number of aromatic nitrogens is 1. The predicted molar refractivity (Wildman–Crippen MR) is 243 cm³/mol. The van der Waals surface area contributed by atoms with E-state index in [0.29, 0.717) is 0 Å². The molecule has 3 N–H and O–H groups in total. The van der Waals surface area contributed by atoms with E-state index >= 15 is 0 Å². The molecule has 0 radical (unpaired) electrons. The molecule has 1 aromatic heterocycles. The van der Waals surface area contributed by atoms with Crippen LogP contribution in [0, 0.1) is 5.41 Å². The van der Waals surface area contributed by atoms with Crippen LogP contribution in [0.15, 0.2) is 206 Å². The molecule has 9 aromatic carbocycles. The number of para-hydroxylation sites is 2. The van der Waals surface area contributed by atoms with E-state index in [9.17, 15) is 0 Å². The highest BCUT2D eigenvalue weighted by Gasteiger charge is 2.19. The topological polar surface area (TPSA) is 52.8 Å². The summed E-state index contributed by atoms with van der Waals surface area (Å²) in [5.74, 6) is 0. The van der Waals surface area contributed by atoms with Gasteiger partial charge in [-0.1, -0.05) is 164 Å². The minimum absolute atomic E-state index is 0.787. The predicted octanol–water partition coefficient (Wildman–Crippen LogP) is 14.3. The summed E-state index contributed by atoms with van der Waals surface area (Å²) in [5.41, 5.74) is 12.5. The summed E-state index contributed by atoms with van der Waals surface area (Å²) >= 11 is 0. The van der Waals surface area contributed by atoms with Crippen molar-refractivity contribution in [3.63, 3.8) is 0 Å². The molecule has 4 nitrogen and oxygen atoms in total. The maximum absolute atomic E-state index is 8.30. The third kappa shape index (κ3) is 6.10. The van der Waals surface area contributed by atoms with Crippen LogP contribution in [0.1, 0.15) is 5.56 Å². The van der Waals surface area contributed by atoms with Gasteiger partial charge in [0.05, 0.1) is 16.7 Å². The molecule has 0 unspecified atom stereocenters. The Morgan fingerprint density at radius 3 is 1.89 bits per heavy atom. The van der Waals surface area contributed by atoms with E-state index in [0.717, 1.165) is 67.0 Å². The first-order chi connectivity index (χ1) is 28.2. The zero-order chi connectivity index (χ0) is 38.1. The fourth-order valence-electron chi connectivity index (χ4n) is 8.29. The SMILES string of the molecule is N=C/C(=C\Nc1cccc(-c2ccc3c4ccccc4n(-c4cccc5ccccc45)c3c2)c1-c1ccccc1Nc1cccc2ccccc12)c1ccccc1. The highest BCUT2D eigenvalue weighted by molar-refractivity contribution is 6.13. The summed E-state index contributed by atoms with van der Waals surface area (Å²) in [6.45, 7) is 0. The Kier molecular flexibility index (Phi) is 8.62. The van der Waals surface area contributed by atoms with Gasteiger partial charge in [-0.25, -0.2) is 0 Å². The van der Waals surface area contributed by atoms with Crippen LogP contribution in [-0.2, 0) is 0 Å². The Labute approximate surface area is 331 Å². The number of benzene rings is 9. The Morgan fingerprint density at radius 2 is 1.05 bits per heavy atom. The normalized spacial score (nSPS) is 11.7. The third-order valence-electron chi connectivity index (χ3n) is 11.0. The standard InChI is InChI=1S/C53H38N4/c54-34-40(36-15-2-1-3-16-36)35-55-49-28-14-25-43(53(49)46-24-8-10-26-48(46)56-47-27-12-19-37-17-4-6-21-41(37)47)39-31-32-45-44-23-9-11-29-51(44)57(52(45)33-39)50-30-13-20-38-18-5-7-22-42(38)50/h1-35,54-56H/b40-35+,54-34?. The molecule has 0 saturated carbocycles. The number of anilines is 3. The van der Waals surface area contributed by atoms with Crippen LogP contribution in [-0.4, -0.2) is 10.8 Å². The lowest BCUT2D eigenvalue weighted by molar-refractivity contribution is 1.20. The Hall–Kier alpha value is -7.69. The first-order valence-electron chi connectivity index (χ1n) is 19.3. The van der Waals surface area contributed by atoms with Crippen molar-refractivity contribution in [3.8, 4) is 27.9 Å². The summed E-state index contributed by atoms with van der Waals surface area (Å²) in [6.07, 6.45) is 3.34. The van der Waals surface area contributed by atoms with Gasteiger partial charge >= 0.3 is 0 Å². The largest absolute Gasteiger partial charge is 0.360 e. The van der Waals surface area contributed by atoms with Gasteiger partial charge in [0.2, 0.25) is 0 Å². The fourth-order valence-corrected chi connectivity index (χ4v) is 8.29. The number of hydrogen-bond acceptors (Lipinski definition) is 3. The van der Waals surface area contributed by atoms with Gasteiger partial charge in [0, 0.05) is 67.7 Å². The molecular formula is C53H38N4. The van der Waals surface area contributed by atoms with E-state index in [2.05, 4.69) is 185 Å². The third-order valence-corrected chi connectivity index (χ3v) is 11.0. The molecule has 0 spiro atoms. The Morgan fingerprint density at radius 1 is 0.456 bits per heavy atom. The van der Waals surface area contributed by atoms with Crippen molar-refractivity contribution in [1.82, 2.24) is 4.57 Å². The summed E-state index contributed by atoms with van der Waals surface area (Å²) in [7, 11) is 0. The number of hydrogen-bond donors (Lipinski definition) is 3. The number of nitrogens with zero attached hydrogens (tertiary/aromatic N) is 1. The van der Waals surface area contributed by atoms with Crippen molar-refractivity contribution in [2.75, 3.05) is 10.6 Å². The van der Waals surface area contributed by atoms with E-state index in [1.807, 2.05) is 36.5 Å². The molecule has 10 aromatic rings. The number of nitrogens with one attached hydrogen (secondary N) is 3. The minimum atomic E-state index is 0.787. The van der Waals surface area contributed by atoms with Crippen LogP contribution in [0.5, 0.6) is 0 Å². The number of rotatable bonds is 9. The smallest absolute Gasteiger partial charge is 0.0547 e. The quantitative estimate of drug-likeness (QED) is 0.130. The van der Waals surface area contributed by atoms with Crippen molar-refractivity contribution in [3.05, 3.63) is 212 Å². The molecule has 0 amide bonds. The summed E-state index contributed by atoms with van der Waals surface area (Å²) < 4.78 is 2.42. The molecule has 0 bridgehead atoms. The Balaban J connectivity index is 1.20. The molecule has 0 aliphatic rings. The van der Waals surface area contributed by atoms with E-state index < -0.39 is 0 Å². The van der Waals surface area contributed by atoms with Crippen LogP contribution >= 0.6 is 0 Å². The van der Waals surface area contributed by atoms with Crippen LogP contribution in [0.25, 0.3) is 76.9 Å². The molecule has 1 heterocycles. The van der Waals surface area contributed by atoms with Crippen molar-refractivity contribution in [1.29, 1.82) is 5.41 Å². The maximum atomic E-state index is 8.30. The molecule has 0 fully saturated rings. The lowest BCUT2D eigenvalue weighted by atomic mass is 9.91. The number of allylic oxidation sites excluding steroid dienone is 1. The lowest BCUT2D eigenvalue weighted by Gasteiger charge is -2.20. The zero-order valence-electron chi connectivity index (χ0n) is 31.2. The first kappa shape index (κ1) is 33.8. The van der Waals surface area contributed by atoms with Gasteiger partial charge < -0.3 is 20.6 Å². The minimum Gasteiger partial charge on any atom is -0.360 e. The fraction of sp³-hybridized carbons (Fsp3) is 0. The van der Waals surface area contributed by atoms with Gasteiger partial charge in [-0.2, -0.15) is 0 Å². The maximum Gasteiger partial charge on any atom is 0.0547 e. The molecule has 10 rings (SSSR count). The second-order valence-electron chi connectivity index (χ2n) is 14.3. The van der Waals surface area contributed by atoms with Crippen LogP contribution in [0.4, 0.5) is 17.1 Å². The summed E-state index contributed by atoms with van der Waals surface area (Å²) in [4.78, 5) is 0. The summed E-state index contributed by atoms with van der Waals surface area (Å²) in [5, 5.41) is 23.0. The molecule has 0 aliphatic heterocycles. The van der Waals surface area contributed by atoms with Gasteiger partial charge in [-0.3, -0.25) is 0 Å².